The van der Waals surface area contributed by atoms with Gasteiger partial charge in [-0.3, -0.25) is 0 Å². The third-order valence-corrected chi connectivity index (χ3v) is 16.1. The van der Waals surface area contributed by atoms with Crippen molar-refractivity contribution < 1.29 is 4.57 Å². The van der Waals surface area contributed by atoms with E-state index in [4.69, 9.17) is 0 Å². The molecular formula is C17H23OPSSi. The quantitative estimate of drug-likeness (QED) is 0.589. The van der Waals surface area contributed by atoms with Gasteiger partial charge >= 0.3 is 0 Å². The van der Waals surface area contributed by atoms with Crippen molar-refractivity contribution >= 4 is 37.6 Å². The predicted molar refractivity (Wildman–Crippen MR) is 100 cm³/mol. The number of hydrogen-bond acceptors (Lipinski definition) is 2. The molecule has 1 nitrogen and oxygen atoms in total. The monoisotopic (exact) mass is 334 g/mol. The molecule has 2 aromatic rings. The average molecular weight is 334 g/mol. The molecule has 1 atom stereocenters. The third kappa shape index (κ3) is 3.36. The second-order valence-corrected chi connectivity index (χ2v) is 16.7. The molecule has 1 unspecified atom stereocenters. The Morgan fingerprint density at radius 3 is 1.52 bits per heavy atom. The van der Waals surface area contributed by atoms with Crippen LogP contribution in [0.25, 0.3) is 0 Å². The molecular weight excluding hydrogens is 311 g/mol. The predicted octanol–water partition coefficient (Wildman–Crippen LogP) is 4.57. The first kappa shape index (κ1) is 16.6. The highest BCUT2D eigenvalue weighted by Gasteiger charge is 2.43. The van der Waals surface area contributed by atoms with Gasteiger partial charge in [-0.1, -0.05) is 80.3 Å². The first-order valence-corrected chi connectivity index (χ1v) is 13.8. The summed E-state index contributed by atoms with van der Waals surface area (Å²) in [5, 5.41) is 1.97. The van der Waals surface area contributed by atoms with Crippen LogP contribution >= 0.6 is 18.9 Å². The molecule has 0 saturated heterocycles. The maximum atomic E-state index is 14.2. The van der Waals surface area contributed by atoms with Crippen molar-refractivity contribution in [2.45, 2.75) is 24.3 Å². The Hall–Kier alpha value is -0.763. The Balaban J connectivity index is 2.69. The number of benzene rings is 2. The Bertz CT molecular complexity index is 579. The Morgan fingerprint density at radius 1 is 0.857 bits per heavy atom. The van der Waals surface area contributed by atoms with Crippen LogP contribution in [-0.4, -0.2) is 18.9 Å². The molecule has 0 heterocycles. The van der Waals surface area contributed by atoms with E-state index in [1.165, 1.54) is 0 Å². The van der Waals surface area contributed by atoms with E-state index in [2.05, 4.69) is 25.9 Å². The second kappa shape index (κ2) is 6.56. The van der Waals surface area contributed by atoms with Crippen LogP contribution in [0.3, 0.4) is 0 Å². The Kier molecular flexibility index (Phi) is 5.18. The summed E-state index contributed by atoms with van der Waals surface area (Å²) in [4.78, 5) is 0. The zero-order valence-corrected chi connectivity index (χ0v) is 15.8. The number of thioether (sulfide) groups is 1. The van der Waals surface area contributed by atoms with Crippen LogP contribution in [0.4, 0.5) is 0 Å². The third-order valence-electron chi connectivity index (χ3n) is 3.57. The van der Waals surface area contributed by atoms with Crippen LogP contribution in [0, 0.1) is 0 Å². The number of rotatable bonds is 5. The van der Waals surface area contributed by atoms with Crippen molar-refractivity contribution in [3.05, 3.63) is 60.7 Å². The van der Waals surface area contributed by atoms with Crippen molar-refractivity contribution in [3.8, 4) is 0 Å². The molecule has 0 aliphatic rings. The molecule has 0 fully saturated rings. The van der Waals surface area contributed by atoms with Gasteiger partial charge < -0.3 is 4.57 Å². The van der Waals surface area contributed by atoms with Crippen molar-refractivity contribution in [2.75, 3.05) is 6.26 Å². The summed E-state index contributed by atoms with van der Waals surface area (Å²) in [5.74, 6) is 0. The lowest BCUT2D eigenvalue weighted by molar-refractivity contribution is 0.588. The van der Waals surface area contributed by atoms with E-state index in [1.807, 2.05) is 60.7 Å². The molecule has 2 aromatic carbocycles. The molecule has 0 saturated carbocycles. The van der Waals surface area contributed by atoms with E-state index in [9.17, 15) is 4.57 Å². The van der Waals surface area contributed by atoms with Gasteiger partial charge in [0.05, 0.1) is 12.7 Å². The van der Waals surface area contributed by atoms with Crippen molar-refractivity contribution in [3.63, 3.8) is 0 Å². The first-order chi connectivity index (χ1) is 9.90. The summed E-state index contributed by atoms with van der Waals surface area (Å²) >= 11 is 1.77. The summed E-state index contributed by atoms with van der Waals surface area (Å²) in [7, 11) is -4.22. The lowest BCUT2D eigenvalue weighted by Gasteiger charge is -2.35. The summed E-state index contributed by atoms with van der Waals surface area (Å²) in [5.41, 5.74) is 0. The minimum Gasteiger partial charge on any atom is -0.313 e. The highest BCUT2D eigenvalue weighted by Crippen LogP contribution is 2.55. The highest BCUT2D eigenvalue weighted by atomic mass is 32.2. The first-order valence-electron chi connectivity index (χ1n) is 7.14. The fraction of sp³-hybridized carbons (Fsp3) is 0.294. The van der Waals surface area contributed by atoms with E-state index >= 15 is 0 Å². The van der Waals surface area contributed by atoms with Gasteiger partial charge in [-0.25, -0.2) is 0 Å². The molecule has 0 N–H and O–H groups in total. The zero-order chi connectivity index (χ0) is 15.5. The van der Waals surface area contributed by atoms with Crippen molar-refractivity contribution in [2.24, 2.45) is 0 Å². The number of hydrogen-bond donors (Lipinski definition) is 0. The van der Waals surface area contributed by atoms with Gasteiger partial charge in [0.15, 0.2) is 7.14 Å². The largest absolute Gasteiger partial charge is 0.313 e. The standard InChI is InChI=1S/C17H23OPSSi/c1-20-17(21(2,3)4)19(18,15-11-7-5-8-12-15)16-13-9-6-10-14-16/h5-14,17H,1-4H3. The van der Waals surface area contributed by atoms with Crippen molar-refractivity contribution in [1.82, 2.24) is 0 Å². The fourth-order valence-corrected chi connectivity index (χ4v) is 14.8. The van der Waals surface area contributed by atoms with Gasteiger partial charge in [-0.05, 0) is 6.26 Å². The van der Waals surface area contributed by atoms with Gasteiger partial charge in [-0.2, -0.15) is 11.8 Å². The van der Waals surface area contributed by atoms with E-state index < -0.39 is 15.2 Å². The lowest BCUT2D eigenvalue weighted by Crippen LogP contribution is -2.40. The van der Waals surface area contributed by atoms with Crippen LogP contribution in [0.2, 0.25) is 19.6 Å². The molecule has 21 heavy (non-hydrogen) atoms. The lowest BCUT2D eigenvalue weighted by atomic mass is 10.4. The molecule has 0 aliphatic carbocycles. The smallest absolute Gasteiger partial charge is 0.152 e. The van der Waals surface area contributed by atoms with Gasteiger partial charge in [-0.15, -0.1) is 0 Å². The molecule has 0 radical (unpaired) electrons. The fourth-order valence-electron chi connectivity index (χ4n) is 2.77. The molecule has 4 heteroatoms. The normalized spacial score (nSPS) is 13.9. The van der Waals surface area contributed by atoms with Gasteiger partial charge in [0, 0.05) is 10.6 Å². The molecule has 0 amide bonds. The van der Waals surface area contributed by atoms with E-state index in [-0.39, 0.29) is 4.61 Å². The molecule has 2 rings (SSSR count). The van der Waals surface area contributed by atoms with Crippen LogP contribution in [0.1, 0.15) is 0 Å². The van der Waals surface area contributed by atoms with Gasteiger partial charge in [0.1, 0.15) is 0 Å². The Labute approximate surface area is 133 Å². The molecule has 0 aromatic heterocycles. The highest BCUT2D eigenvalue weighted by molar-refractivity contribution is 8.10. The van der Waals surface area contributed by atoms with Crippen LogP contribution in [0.15, 0.2) is 60.7 Å². The van der Waals surface area contributed by atoms with Crippen molar-refractivity contribution in [1.29, 1.82) is 0 Å². The Morgan fingerprint density at radius 2 is 1.24 bits per heavy atom. The van der Waals surface area contributed by atoms with Gasteiger partial charge in [0.2, 0.25) is 0 Å². The van der Waals surface area contributed by atoms with Crippen LogP contribution in [0.5, 0.6) is 0 Å². The van der Waals surface area contributed by atoms with E-state index in [0.29, 0.717) is 0 Å². The molecule has 112 valence electrons. The maximum absolute atomic E-state index is 14.2. The minimum absolute atomic E-state index is 0.190. The van der Waals surface area contributed by atoms with Crippen LogP contribution < -0.4 is 10.6 Å². The van der Waals surface area contributed by atoms with Gasteiger partial charge in [0.25, 0.3) is 0 Å². The second-order valence-electron chi connectivity index (χ2n) is 6.28. The molecule has 0 spiro atoms. The van der Waals surface area contributed by atoms with E-state index in [1.54, 1.807) is 11.8 Å². The minimum atomic E-state index is -2.63. The SMILES string of the molecule is CSC([Si](C)(C)C)P(=O)(c1ccccc1)c1ccccc1. The summed E-state index contributed by atoms with van der Waals surface area (Å²) in [6.45, 7) is 6.94. The molecule has 0 bridgehead atoms. The zero-order valence-electron chi connectivity index (χ0n) is 13.1. The average Bonchev–Trinajstić information content (AvgIpc) is 2.48. The topological polar surface area (TPSA) is 17.1 Å². The maximum Gasteiger partial charge on any atom is 0.152 e. The molecule has 0 aliphatic heterocycles. The van der Waals surface area contributed by atoms with Crippen LogP contribution in [-0.2, 0) is 4.57 Å². The summed E-state index contributed by atoms with van der Waals surface area (Å²) in [6.07, 6.45) is 2.10. The summed E-state index contributed by atoms with van der Waals surface area (Å²) in [6, 6.07) is 20.0. The summed E-state index contributed by atoms with van der Waals surface area (Å²) < 4.78 is 14.4. The van der Waals surface area contributed by atoms with E-state index in [0.717, 1.165) is 10.6 Å².